The summed E-state index contributed by atoms with van der Waals surface area (Å²) in [5.74, 6) is -0.423. The summed E-state index contributed by atoms with van der Waals surface area (Å²) in [4.78, 5) is 0. The van der Waals surface area contributed by atoms with Crippen LogP contribution < -0.4 is 0 Å². The van der Waals surface area contributed by atoms with Gasteiger partial charge in [0.1, 0.15) is 6.61 Å². The smallest absolute Gasteiger partial charge is 0.370 e. The van der Waals surface area contributed by atoms with Crippen molar-refractivity contribution < 1.29 is 19.9 Å². The molecule has 2 unspecified atom stereocenters. The molecule has 0 fully saturated rings. The average molecular weight is 179 g/mol. The van der Waals surface area contributed by atoms with E-state index in [4.69, 9.17) is 10.2 Å². The highest BCUT2D eigenvalue weighted by Gasteiger charge is 2.41. The van der Waals surface area contributed by atoms with Crippen LogP contribution in [0.25, 0.3) is 0 Å². The zero-order valence-corrected chi connectivity index (χ0v) is 7.46. The Hall–Kier alpha value is -0.440. The van der Waals surface area contributed by atoms with Crippen molar-refractivity contribution >= 4 is 8.46 Å². The van der Waals surface area contributed by atoms with Crippen molar-refractivity contribution in [2.45, 2.75) is 19.2 Å². The SMILES string of the molecule is CC(C)=C(O)C(O)(CO)[PH+]=O. The fourth-order valence-electron chi connectivity index (χ4n) is 0.569. The highest BCUT2D eigenvalue weighted by Crippen LogP contribution is 2.27. The summed E-state index contributed by atoms with van der Waals surface area (Å²) in [6.45, 7) is 2.36. The molecule has 0 spiro atoms. The molecule has 2 atom stereocenters. The van der Waals surface area contributed by atoms with Gasteiger partial charge >= 0.3 is 13.8 Å². The van der Waals surface area contributed by atoms with Crippen molar-refractivity contribution in [3.8, 4) is 0 Å². The molecular weight excluding hydrogens is 167 g/mol. The molecule has 0 amide bonds. The van der Waals surface area contributed by atoms with Gasteiger partial charge in [0.05, 0.1) is 0 Å². The lowest BCUT2D eigenvalue weighted by atomic mass is 10.2. The van der Waals surface area contributed by atoms with E-state index in [-0.39, 0.29) is 0 Å². The number of rotatable bonds is 3. The zero-order chi connectivity index (χ0) is 9.07. The lowest BCUT2D eigenvalue weighted by Crippen LogP contribution is -2.29. The van der Waals surface area contributed by atoms with E-state index in [1.807, 2.05) is 0 Å². The minimum absolute atomic E-state index is 0.423. The van der Waals surface area contributed by atoms with Crippen LogP contribution in [0.1, 0.15) is 13.8 Å². The van der Waals surface area contributed by atoms with Crippen molar-refractivity contribution in [3.05, 3.63) is 11.3 Å². The molecular formula is C6H12O4P+. The van der Waals surface area contributed by atoms with Gasteiger partial charge in [-0.2, -0.15) is 0 Å². The van der Waals surface area contributed by atoms with E-state index in [1.54, 1.807) is 13.8 Å². The third-order valence-corrected chi connectivity index (χ3v) is 2.00. The molecule has 0 aliphatic heterocycles. The molecule has 0 aromatic heterocycles. The van der Waals surface area contributed by atoms with Gasteiger partial charge in [0.25, 0.3) is 0 Å². The number of aliphatic hydroxyl groups excluding tert-OH is 2. The Morgan fingerprint density at radius 3 is 2.09 bits per heavy atom. The molecule has 0 heterocycles. The standard InChI is InChI=1S/C6H11O4P/c1-4(2)5(8)6(9,3-7)11-10/h7-9H,3H2,1-2H3/p+1. The Balaban J connectivity index is 4.79. The molecule has 0 aliphatic carbocycles. The number of aliphatic hydroxyl groups is 3. The predicted molar refractivity (Wildman–Crippen MR) is 42.0 cm³/mol. The van der Waals surface area contributed by atoms with Gasteiger partial charge in [-0.1, -0.05) is 4.57 Å². The Kier molecular flexibility index (Phi) is 3.66. The molecule has 0 rings (SSSR count). The van der Waals surface area contributed by atoms with Crippen LogP contribution in [0.5, 0.6) is 0 Å². The van der Waals surface area contributed by atoms with E-state index in [0.717, 1.165) is 0 Å². The Bertz CT molecular complexity index is 185. The van der Waals surface area contributed by atoms with Crippen LogP contribution in [-0.4, -0.2) is 27.3 Å². The van der Waals surface area contributed by atoms with E-state index in [1.165, 1.54) is 0 Å². The quantitative estimate of drug-likeness (QED) is 0.436. The average Bonchev–Trinajstić information content (AvgIpc) is 2.01. The molecule has 0 aromatic rings. The number of allylic oxidation sites excluding steroid dienone is 1. The maximum atomic E-state index is 10.4. The van der Waals surface area contributed by atoms with Crippen LogP contribution in [0.15, 0.2) is 11.3 Å². The van der Waals surface area contributed by atoms with Gasteiger partial charge < -0.3 is 15.3 Å². The molecule has 0 saturated heterocycles. The van der Waals surface area contributed by atoms with Gasteiger partial charge in [-0.3, -0.25) is 0 Å². The van der Waals surface area contributed by atoms with Crippen LogP contribution in [0.3, 0.4) is 0 Å². The largest absolute Gasteiger partial charge is 0.505 e. The first-order valence-corrected chi connectivity index (χ1v) is 3.98. The van der Waals surface area contributed by atoms with Gasteiger partial charge in [-0.05, 0) is 19.4 Å². The molecule has 4 nitrogen and oxygen atoms in total. The lowest BCUT2D eigenvalue weighted by Gasteiger charge is -2.11. The number of hydrogen-bond donors (Lipinski definition) is 3. The maximum absolute atomic E-state index is 10.4. The van der Waals surface area contributed by atoms with Crippen molar-refractivity contribution in [2.75, 3.05) is 6.61 Å². The van der Waals surface area contributed by atoms with Crippen LogP contribution in [0.2, 0.25) is 0 Å². The van der Waals surface area contributed by atoms with Gasteiger partial charge in [0.15, 0.2) is 5.76 Å². The minimum Gasteiger partial charge on any atom is -0.505 e. The van der Waals surface area contributed by atoms with Crippen LogP contribution in [0, 0.1) is 0 Å². The zero-order valence-electron chi connectivity index (χ0n) is 6.46. The second-order valence-corrected chi connectivity index (χ2v) is 3.50. The predicted octanol–water partition coefficient (Wildman–Crippen LogP) is 0.543. The summed E-state index contributed by atoms with van der Waals surface area (Å²) >= 11 is 0. The molecule has 3 N–H and O–H groups in total. The topological polar surface area (TPSA) is 77.8 Å². The van der Waals surface area contributed by atoms with Crippen molar-refractivity contribution in [3.63, 3.8) is 0 Å². The fraction of sp³-hybridized carbons (Fsp3) is 0.667. The molecule has 0 saturated carbocycles. The molecule has 5 heteroatoms. The lowest BCUT2D eigenvalue weighted by molar-refractivity contribution is 0.0528. The van der Waals surface area contributed by atoms with E-state index >= 15 is 0 Å². The summed E-state index contributed by atoms with van der Waals surface area (Å²) in [5.41, 5.74) is 0.435. The summed E-state index contributed by atoms with van der Waals surface area (Å²) in [6, 6.07) is 0. The van der Waals surface area contributed by atoms with Gasteiger partial charge in [-0.15, -0.1) is 0 Å². The fourth-order valence-corrected chi connectivity index (χ4v) is 0.980. The third kappa shape index (κ3) is 2.26. The molecule has 0 bridgehead atoms. The van der Waals surface area contributed by atoms with Gasteiger partial charge in [0.2, 0.25) is 0 Å². The summed E-state index contributed by atoms with van der Waals surface area (Å²) in [5, 5.41) is 24.9. The summed E-state index contributed by atoms with van der Waals surface area (Å²) in [7, 11) is -1.18. The first-order valence-electron chi connectivity index (χ1n) is 3.07. The monoisotopic (exact) mass is 179 g/mol. The van der Waals surface area contributed by atoms with Crippen molar-refractivity contribution in [2.24, 2.45) is 0 Å². The Labute approximate surface area is 66.4 Å². The van der Waals surface area contributed by atoms with Crippen LogP contribution in [-0.2, 0) is 4.57 Å². The molecule has 0 aliphatic rings. The molecule has 0 aromatic carbocycles. The normalized spacial score (nSPS) is 16.0. The minimum atomic E-state index is -1.97. The van der Waals surface area contributed by atoms with Crippen LogP contribution >= 0.6 is 8.46 Å². The second-order valence-electron chi connectivity index (χ2n) is 2.47. The van der Waals surface area contributed by atoms with E-state index in [9.17, 15) is 9.67 Å². The first-order chi connectivity index (χ1) is 4.98. The Morgan fingerprint density at radius 2 is 2.00 bits per heavy atom. The second kappa shape index (κ2) is 3.81. The van der Waals surface area contributed by atoms with Gasteiger partial charge in [-0.25, -0.2) is 0 Å². The summed E-state index contributed by atoms with van der Waals surface area (Å²) in [6.07, 6.45) is 0. The van der Waals surface area contributed by atoms with Crippen LogP contribution in [0.4, 0.5) is 0 Å². The molecule has 0 radical (unpaired) electrons. The highest BCUT2D eigenvalue weighted by molar-refractivity contribution is 7.26. The van der Waals surface area contributed by atoms with E-state index in [0.29, 0.717) is 5.57 Å². The van der Waals surface area contributed by atoms with Crippen molar-refractivity contribution in [1.29, 1.82) is 0 Å². The first kappa shape index (κ1) is 10.6. The van der Waals surface area contributed by atoms with E-state index in [2.05, 4.69) is 0 Å². The maximum Gasteiger partial charge on any atom is 0.370 e. The number of hydrogen-bond acceptors (Lipinski definition) is 4. The molecule has 11 heavy (non-hydrogen) atoms. The van der Waals surface area contributed by atoms with Crippen molar-refractivity contribution in [1.82, 2.24) is 0 Å². The summed E-state index contributed by atoms with van der Waals surface area (Å²) < 4.78 is 10.4. The molecule has 64 valence electrons. The third-order valence-electron chi connectivity index (χ3n) is 1.26. The Morgan fingerprint density at radius 1 is 1.55 bits per heavy atom. The highest BCUT2D eigenvalue weighted by atomic mass is 31.1. The van der Waals surface area contributed by atoms with E-state index < -0.39 is 26.2 Å². The van der Waals surface area contributed by atoms with Gasteiger partial charge in [0, 0.05) is 0 Å².